The Morgan fingerprint density at radius 3 is 1.65 bits per heavy atom. The van der Waals surface area contributed by atoms with E-state index in [-0.39, 0.29) is 17.1 Å². The third-order valence-electron chi connectivity index (χ3n) is 7.75. The number of fused-ring (bicyclic) bond motifs is 2. The second-order valence-corrected chi connectivity index (χ2v) is 11.9. The van der Waals surface area contributed by atoms with Gasteiger partial charge in [-0.05, 0) is 78.2 Å². The van der Waals surface area contributed by atoms with Crippen molar-refractivity contribution < 1.29 is 9.59 Å². The minimum absolute atomic E-state index is 0.0105. The zero-order valence-electron chi connectivity index (χ0n) is 25.7. The lowest BCUT2D eigenvalue weighted by Gasteiger charge is -2.08. The van der Waals surface area contributed by atoms with Gasteiger partial charge in [0.1, 0.15) is 22.7 Å². The number of hydrogen-bond donors (Lipinski definition) is 0. The summed E-state index contributed by atoms with van der Waals surface area (Å²) in [5.74, 6) is -0.0712. The molecule has 5 heterocycles. The van der Waals surface area contributed by atoms with Gasteiger partial charge < -0.3 is 4.57 Å². The number of carbonyl (C=O) groups is 2. The molecule has 0 spiro atoms. The van der Waals surface area contributed by atoms with E-state index in [9.17, 15) is 14.4 Å². The van der Waals surface area contributed by atoms with Gasteiger partial charge in [0.25, 0.3) is 5.56 Å². The molecule has 5 aromatic heterocycles. The van der Waals surface area contributed by atoms with Crippen molar-refractivity contribution in [2.75, 3.05) is 0 Å². The highest BCUT2D eigenvalue weighted by Gasteiger charge is 2.20. The number of carbonyl (C=O) groups excluding carboxylic acids is 2. The van der Waals surface area contributed by atoms with Gasteiger partial charge in [-0.25, -0.2) is 9.97 Å². The summed E-state index contributed by atoms with van der Waals surface area (Å²) in [6, 6.07) is 28.0. The second kappa shape index (κ2) is 12.5. The molecule has 0 bridgehead atoms. The highest BCUT2D eigenvalue weighted by atomic mass is 79.9. The predicted molar refractivity (Wildman–Crippen MR) is 183 cm³/mol. The topological polar surface area (TPSA) is 90.7 Å². The lowest BCUT2D eigenvalue weighted by atomic mass is 10.1. The Labute approximate surface area is 273 Å². The van der Waals surface area contributed by atoms with E-state index in [1.807, 2.05) is 114 Å². The zero-order chi connectivity index (χ0) is 32.5. The highest BCUT2D eigenvalue weighted by molar-refractivity contribution is 9.10. The fourth-order valence-corrected chi connectivity index (χ4v) is 5.84. The van der Waals surface area contributed by atoms with E-state index >= 15 is 0 Å². The van der Waals surface area contributed by atoms with Crippen LogP contribution in [0.4, 0.5) is 0 Å². The Kier molecular flexibility index (Phi) is 8.34. The third-order valence-corrected chi connectivity index (χ3v) is 8.22. The molecule has 0 amide bonds. The highest BCUT2D eigenvalue weighted by Crippen LogP contribution is 2.24. The lowest BCUT2D eigenvalue weighted by Crippen LogP contribution is -2.18. The van der Waals surface area contributed by atoms with Crippen LogP contribution in [0.2, 0.25) is 0 Å². The number of hydrogen-bond acceptors (Lipinski definition) is 5. The summed E-state index contributed by atoms with van der Waals surface area (Å²) in [5, 5.41) is 0. The summed E-state index contributed by atoms with van der Waals surface area (Å²) in [6.07, 6.45) is 5.58. The monoisotopic (exact) mass is 671 g/mol. The maximum absolute atomic E-state index is 13.0. The van der Waals surface area contributed by atoms with Crippen molar-refractivity contribution in [3.05, 3.63) is 164 Å². The van der Waals surface area contributed by atoms with Crippen molar-refractivity contribution in [3.63, 3.8) is 0 Å². The van der Waals surface area contributed by atoms with E-state index in [1.165, 1.54) is 0 Å². The van der Waals surface area contributed by atoms with Crippen LogP contribution in [-0.2, 0) is 7.05 Å². The molecule has 0 fully saturated rings. The molecular weight excluding hydrogens is 642 g/mol. The van der Waals surface area contributed by atoms with E-state index in [2.05, 4.69) is 25.9 Å². The van der Waals surface area contributed by atoms with E-state index in [1.54, 1.807) is 36.9 Å². The number of aryl methyl sites for hydroxylation is 4. The molecule has 0 atom stereocenters. The number of aromatic nitrogens is 5. The molecule has 0 saturated heterocycles. The summed E-state index contributed by atoms with van der Waals surface area (Å²) >= 11 is 3.42. The lowest BCUT2D eigenvalue weighted by molar-refractivity contribution is 0.102. The molecule has 0 aliphatic rings. The Balaban J connectivity index is 0.000000172. The predicted octanol–water partition coefficient (Wildman–Crippen LogP) is 7.18. The van der Waals surface area contributed by atoms with Crippen molar-refractivity contribution in [1.29, 1.82) is 0 Å². The summed E-state index contributed by atoms with van der Waals surface area (Å²) < 4.78 is 6.15. The van der Waals surface area contributed by atoms with Crippen LogP contribution in [0.3, 0.4) is 0 Å². The van der Waals surface area contributed by atoms with E-state index in [0.717, 1.165) is 32.6 Å². The van der Waals surface area contributed by atoms with Gasteiger partial charge in [-0.1, -0.05) is 60.7 Å². The number of pyridine rings is 3. The van der Waals surface area contributed by atoms with Gasteiger partial charge >= 0.3 is 0 Å². The number of imidazole rings is 2. The summed E-state index contributed by atoms with van der Waals surface area (Å²) in [7, 11) is 1.74. The molecule has 0 N–H and O–H groups in total. The number of ketones is 2. The molecule has 0 saturated carbocycles. The first-order chi connectivity index (χ1) is 22.1. The smallest absolute Gasteiger partial charge is 0.253 e. The van der Waals surface area contributed by atoms with Gasteiger partial charge in [0.15, 0.2) is 0 Å². The Morgan fingerprint density at radius 1 is 0.630 bits per heavy atom. The van der Waals surface area contributed by atoms with Crippen LogP contribution >= 0.6 is 15.9 Å². The standard InChI is InChI=1S/C22H19N3O2.C15H11BrN2O/c1-14-11-18(12-24(3)22(14)27)17-9-10-19-23-15(2)20(25(19)13-17)21(26)16-7-5-4-6-8-16;1-10-14(15(19)11-5-3-2-4-6-11)18-9-12(16)7-8-13(18)17-10/h4-13H,1-3H3;2-9H,1H3. The van der Waals surface area contributed by atoms with Gasteiger partial charge in [0.05, 0.1) is 11.4 Å². The molecule has 46 heavy (non-hydrogen) atoms. The Morgan fingerprint density at radius 2 is 1.13 bits per heavy atom. The SMILES string of the molecule is Cc1nc2ccc(-c3cc(C)c(=O)n(C)c3)cn2c1C(=O)c1ccccc1.Cc1nc2ccc(Br)cn2c1C(=O)c1ccccc1. The van der Waals surface area contributed by atoms with Crippen LogP contribution < -0.4 is 5.56 Å². The molecule has 7 aromatic rings. The largest absolute Gasteiger partial charge is 0.318 e. The first-order valence-electron chi connectivity index (χ1n) is 14.6. The Bertz CT molecular complexity index is 2290. The molecular formula is C37H30BrN5O3. The van der Waals surface area contributed by atoms with Crippen molar-refractivity contribution in [2.45, 2.75) is 20.8 Å². The third kappa shape index (κ3) is 5.84. The minimum atomic E-state index is -0.0607. The summed E-state index contributed by atoms with van der Waals surface area (Å²) in [6.45, 7) is 5.51. The van der Waals surface area contributed by atoms with Crippen LogP contribution in [0.15, 0.2) is 119 Å². The average molecular weight is 673 g/mol. The van der Waals surface area contributed by atoms with Gasteiger partial charge in [0, 0.05) is 46.8 Å². The van der Waals surface area contributed by atoms with Crippen molar-refractivity contribution >= 4 is 38.8 Å². The Hall–Kier alpha value is -5.41. The molecule has 0 aliphatic heterocycles. The average Bonchev–Trinajstić information content (AvgIpc) is 3.57. The van der Waals surface area contributed by atoms with Crippen molar-refractivity contribution in [2.24, 2.45) is 7.05 Å². The number of halogens is 1. The van der Waals surface area contributed by atoms with Crippen LogP contribution in [0, 0.1) is 20.8 Å². The van der Waals surface area contributed by atoms with Gasteiger partial charge in [-0.15, -0.1) is 0 Å². The van der Waals surface area contributed by atoms with E-state index in [0.29, 0.717) is 33.8 Å². The van der Waals surface area contributed by atoms with Crippen molar-refractivity contribution in [3.8, 4) is 11.1 Å². The fourth-order valence-electron chi connectivity index (χ4n) is 5.50. The molecule has 7 rings (SSSR count). The maximum atomic E-state index is 13.0. The van der Waals surface area contributed by atoms with Crippen molar-refractivity contribution in [1.82, 2.24) is 23.3 Å². The van der Waals surface area contributed by atoms with Crippen LogP contribution in [-0.4, -0.2) is 34.9 Å². The first-order valence-corrected chi connectivity index (χ1v) is 15.4. The molecule has 8 nitrogen and oxygen atoms in total. The summed E-state index contributed by atoms with van der Waals surface area (Å²) in [5.41, 5.74) is 7.90. The van der Waals surface area contributed by atoms with Crippen LogP contribution in [0.5, 0.6) is 0 Å². The maximum Gasteiger partial charge on any atom is 0.253 e. The van der Waals surface area contributed by atoms with Gasteiger partial charge in [-0.2, -0.15) is 0 Å². The van der Waals surface area contributed by atoms with E-state index < -0.39 is 0 Å². The molecule has 0 aliphatic carbocycles. The number of benzene rings is 2. The second-order valence-electron chi connectivity index (χ2n) is 11.0. The summed E-state index contributed by atoms with van der Waals surface area (Å²) in [4.78, 5) is 46.5. The zero-order valence-corrected chi connectivity index (χ0v) is 27.3. The molecule has 0 radical (unpaired) electrons. The van der Waals surface area contributed by atoms with Crippen LogP contribution in [0.25, 0.3) is 22.4 Å². The normalized spacial score (nSPS) is 11.0. The molecule has 0 unspecified atom stereocenters. The van der Waals surface area contributed by atoms with E-state index in [4.69, 9.17) is 0 Å². The quantitative estimate of drug-likeness (QED) is 0.181. The first kappa shape index (κ1) is 30.6. The van der Waals surface area contributed by atoms with Gasteiger partial charge in [-0.3, -0.25) is 23.2 Å². The minimum Gasteiger partial charge on any atom is -0.318 e. The molecule has 228 valence electrons. The molecule has 9 heteroatoms. The number of rotatable bonds is 5. The van der Waals surface area contributed by atoms with Crippen LogP contribution in [0.1, 0.15) is 49.1 Å². The molecule has 2 aromatic carbocycles. The number of nitrogens with zero attached hydrogens (tertiary/aromatic N) is 5. The van der Waals surface area contributed by atoms with Gasteiger partial charge in [0.2, 0.25) is 11.6 Å². The fraction of sp³-hybridized carbons (Fsp3) is 0.108.